The zero-order valence-electron chi connectivity index (χ0n) is 10.5. The zero-order chi connectivity index (χ0) is 14.1. The molecule has 7 heteroatoms. The summed E-state index contributed by atoms with van der Waals surface area (Å²) in [5.74, 6) is 0.858. The van der Waals surface area contributed by atoms with Crippen LogP contribution in [0.2, 0.25) is 5.02 Å². The van der Waals surface area contributed by atoms with Crippen molar-refractivity contribution in [2.75, 3.05) is 11.9 Å². The van der Waals surface area contributed by atoms with Gasteiger partial charge in [-0.3, -0.25) is 0 Å². The molecule has 0 amide bonds. The van der Waals surface area contributed by atoms with Crippen LogP contribution in [0, 0.1) is 5.82 Å². The maximum atomic E-state index is 13.3. The molecule has 0 aliphatic heterocycles. The average Bonchev–Trinajstić information content (AvgIpc) is 3.18. The summed E-state index contributed by atoms with van der Waals surface area (Å²) in [5.41, 5.74) is 0.478. The normalized spacial score (nSPS) is 16.1. The van der Waals surface area contributed by atoms with Gasteiger partial charge < -0.3 is 10.4 Å². The molecule has 4 nitrogen and oxygen atoms in total. The predicted molar refractivity (Wildman–Crippen MR) is 76.7 cm³/mol. The van der Waals surface area contributed by atoms with Gasteiger partial charge in [0.2, 0.25) is 5.13 Å². The van der Waals surface area contributed by atoms with Crippen molar-refractivity contribution in [1.82, 2.24) is 9.36 Å². The Kier molecular flexibility index (Phi) is 3.87. The van der Waals surface area contributed by atoms with Crippen LogP contribution in [0.1, 0.15) is 36.3 Å². The lowest BCUT2D eigenvalue weighted by atomic mass is 10.1. The Balaban J connectivity index is 1.60. The molecule has 0 bridgehead atoms. The summed E-state index contributed by atoms with van der Waals surface area (Å²) in [4.78, 5) is 4.36. The lowest BCUT2D eigenvalue weighted by Crippen LogP contribution is -2.12. The van der Waals surface area contributed by atoms with Crippen molar-refractivity contribution in [1.29, 1.82) is 0 Å². The molecule has 1 fully saturated rings. The highest BCUT2D eigenvalue weighted by Crippen LogP contribution is 2.39. The van der Waals surface area contributed by atoms with Gasteiger partial charge in [-0.05, 0) is 30.5 Å². The molecule has 0 spiro atoms. The molecular weight excluding hydrogens is 301 g/mol. The number of benzene rings is 1. The van der Waals surface area contributed by atoms with Crippen LogP contribution in [0.4, 0.5) is 9.52 Å². The van der Waals surface area contributed by atoms with E-state index in [4.69, 9.17) is 11.6 Å². The first-order valence-corrected chi connectivity index (χ1v) is 7.49. The van der Waals surface area contributed by atoms with Gasteiger partial charge in [-0.15, -0.1) is 0 Å². The van der Waals surface area contributed by atoms with Gasteiger partial charge in [0.15, 0.2) is 0 Å². The quantitative estimate of drug-likeness (QED) is 0.888. The second kappa shape index (κ2) is 5.63. The number of hydrogen-bond acceptors (Lipinski definition) is 5. The SMILES string of the molecule is OC(CNc1nc(C2CC2)ns1)c1ccc(Cl)c(F)c1. The van der Waals surface area contributed by atoms with Gasteiger partial charge in [0, 0.05) is 24.0 Å². The van der Waals surface area contributed by atoms with Crippen LogP contribution in [-0.4, -0.2) is 21.0 Å². The largest absolute Gasteiger partial charge is 0.387 e. The second-order valence-corrected chi connectivity index (χ2v) is 5.96. The van der Waals surface area contributed by atoms with Crippen LogP contribution < -0.4 is 5.32 Å². The third kappa shape index (κ3) is 3.08. The van der Waals surface area contributed by atoms with Crippen LogP contribution in [0.15, 0.2) is 18.2 Å². The summed E-state index contributed by atoms with van der Waals surface area (Å²) in [7, 11) is 0. The van der Waals surface area contributed by atoms with E-state index < -0.39 is 11.9 Å². The van der Waals surface area contributed by atoms with Crippen molar-refractivity contribution in [3.63, 3.8) is 0 Å². The number of halogens is 2. The molecule has 0 saturated heterocycles. The van der Waals surface area contributed by atoms with E-state index in [1.54, 1.807) is 6.07 Å². The fraction of sp³-hybridized carbons (Fsp3) is 0.385. The second-order valence-electron chi connectivity index (χ2n) is 4.80. The van der Waals surface area contributed by atoms with Gasteiger partial charge in [-0.25, -0.2) is 9.37 Å². The maximum Gasteiger partial charge on any atom is 0.202 e. The molecule has 1 unspecified atom stereocenters. The zero-order valence-corrected chi connectivity index (χ0v) is 12.1. The van der Waals surface area contributed by atoms with E-state index in [0.717, 1.165) is 18.7 Å². The number of anilines is 1. The van der Waals surface area contributed by atoms with Crippen LogP contribution in [0.3, 0.4) is 0 Å². The van der Waals surface area contributed by atoms with E-state index in [2.05, 4.69) is 14.7 Å². The number of hydrogen-bond donors (Lipinski definition) is 2. The van der Waals surface area contributed by atoms with Crippen molar-refractivity contribution >= 4 is 28.3 Å². The smallest absolute Gasteiger partial charge is 0.202 e. The number of nitrogens with one attached hydrogen (secondary N) is 1. The molecule has 1 aromatic carbocycles. The third-order valence-corrected chi connectivity index (χ3v) is 4.15. The van der Waals surface area contributed by atoms with E-state index >= 15 is 0 Å². The molecule has 0 radical (unpaired) electrons. The van der Waals surface area contributed by atoms with E-state index in [1.807, 2.05) is 0 Å². The van der Waals surface area contributed by atoms with Crippen LogP contribution in [-0.2, 0) is 0 Å². The molecule has 106 valence electrons. The minimum atomic E-state index is -0.824. The van der Waals surface area contributed by atoms with Gasteiger partial charge in [0.05, 0.1) is 11.1 Å². The number of aromatic nitrogens is 2. The van der Waals surface area contributed by atoms with E-state index in [1.165, 1.54) is 23.7 Å². The van der Waals surface area contributed by atoms with Gasteiger partial charge in [0.1, 0.15) is 11.6 Å². The van der Waals surface area contributed by atoms with Crippen molar-refractivity contribution < 1.29 is 9.50 Å². The summed E-state index contributed by atoms with van der Waals surface area (Å²) in [5, 5.41) is 13.8. The number of aliphatic hydroxyl groups is 1. The molecule has 1 atom stereocenters. The molecule has 1 heterocycles. The molecule has 2 aromatic rings. The van der Waals surface area contributed by atoms with Crippen molar-refractivity contribution in [2.45, 2.75) is 24.9 Å². The first-order valence-electron chi connectivity index (χ1n) is 6.34. The molecular formula is C13H13ClFN3OS. The topological polar surface area (TPSA) is 58.0 Å². The molecule has 1 aromatic heterocycles. The highest BCUT2D eigenvalue weighted by Gasteiger charge is 2.27. The number of aliphatic hydroxyl groups excluding tert-OH is 1. The molecule has 1 aliphatic rings. The summed E-state index contributed by atoms with van der Waals surface area (Å²) >= 11 is 6.89. The first kappa shape index (κ1) is 13.7. The predicted octanol–water partition coefficient (Wildman–Crippen LogP) is 3.35. The van der Waals surface area contributed by atoms with E-state index in [9.17, 15) is 9.50 Å². The average molecular weight is 314 g/mol. The fourth-order valence-corrected chi connectivity index (χ4v) is 2.61. The van der Waals surface area contributed by atoms with E-state index in [-0.39, 0.29) is 11.6 Å². The number of rotatable bonds is 5. The molecule has 20 heavy (non-hydrogen) atoms. The van der Waals surface area contributed by atoms with Gasteiger partial charge >= 0.3 is 0 Å². The van der Waals surface area contributed by atoms with Crippen LogP contribution >= 0.6 is 23.1 Å². The Morgan fingerprint density at radius 2 is 2.30 bits per heavy atom. The van der Waals surface area contributed by atoms with Crippen molar-refractivity contribution in [2.24, 2.45) is 0 Å². The number of nitrogens with zero attached hydrogens (tertiary/aromatic N) is 2. The highest BCUT2D eigenvalue weighted by molar-refractivity contribution is 7.09. The van der Waals surface area contributed by atoms with E-state index in [0.29, 0.717) is 16.6 Å². The summed E-state index contributed by atoms with van der Waals surface area (Å²) in [6.07, 6.45) is 1.49. The van der Waals surface area contributed by atoms with Crippen molar-refractivity contribution in [3.8, 4) is 0 Å². The van der Waals surface area contributed by atoms with Crippen LogP contribution in [0.25, 0.3) is 0 Å². The molecule has 3 rings (SSSR count). The summed E-state index contributed by atoms with van der Waals surface area (Å²) in [6.45, 7) is 0.250. The lowest BCUT2D eigenvalue weighted by Gasteiger charge is -2.11. The van der Waals surface area contributed by atoms with Gasteiger partial charge in [-0.2, -0.15) is 4.37 Å². The first-order chi connectivity index (χ1) is 9.63. The summed E-state index contributed by atoms with van der Waals surface area (Å²) in [6, 6.07) is 4.28. The Labute approximate surface area is 124 Å². The Bertz CT molecular complexity index is 617. The maximum absolute atomic E-state index is 13.3. The molecule has 2 N–H and O–H groups in total. The minimum Gasteiger partial charge on any atom is -0.387 e. The van der Waals surface area contributed by atoms with Crippen LogP contribution in [0.5, 0.6) is 0 Å². The molecule has 1 saturated carbocycles. The van der Waals surface area contributed by atoms with Crippen molar-refractivity contribution in [3.05, 3.63) is 40.4 Å². The Morgan fingerprint density at radius 1 is 1.50 bits per heavy atom. The lowest BCUT2D eigenvalue weighted by molar-refractivity contribution is 0.191. The monoisotopic (exact) mass is 313 g/mol. The van der Waals surface area contributed by atoms with Gasteiger partial charge in [0.25, 0.3) is 0 Å². The standard InChI is InChI=1S/C13H13ClFN3OS/c14-9-4-3-8(5-10(9)15)11(19)6-16-13-17-12(18-20-13)7-1-2-7/h3-5,7,11,19H,1-2,6H2,(H,16,17,18). The Hall–Kier alpha value is -1.24. The summed E-state index contributed by atoms with van der Waals surface area (Å²) < 4.78 is 17.6. The molecule has 1 aliphatic carbocycles. The Morgan fingerprint density at radius 3 is 3.00 bits per heavy atom. The highest BCUT2D eigenvalue weighted by atomic mass is 35.5. The third-order valence-electron chi connectivity index (χ3n) is 3.16. The van der Waals surface area contributed by atoms with Gasteiger partial charge in [-0.1, -0.05) is 17.7 Å². The minimum absolute atomic E-state index is 0.0482. The fourth-order valence-electron chi connectivity index (χ4n) is 1.84.